The molecule has 0 saturated heterocycles. The van der Waals surface area contributed by atoms with Gasteiger partial charge in [0, 0.05) is 0 Å². The van der Waals surface area contributed by atoms with E-state index >= 15 is 0 Å². The minimum Gasteiger partial charge on any atom is -0.224 e. The molecule has 8 heteroatoms. The summed E-state index contributed by atoms with van der Waals surface area (Å²) in [6.07, 6.45) is 0.505. The molecule has 126 valence electrons. The van der Waals surface area contributed by atoms with Crippen LogP contribution in [0, 0.1) is 11.3 Å². The summed E-state index contributed by atoms with van der Waals surface area (Å²) in [5.41, 5.74) is 0.330. The Kier molecular flexibility index (Phi) is 3.86. The van der Waals surface area contributed by atoms with Gasteiger partial charge in [-0.3, -0.25) is 0 Å². The van der Waals surface area contributed by atoms with E-state index in [2.05, 4.69) is 0 Å². The number of hydrogen-bond donors (Lipinski definition) is 0. The van der Waals surface area contributed by atoms with Crippen LogP contribution in [0.15, 0.2) is 44.3 Å². The van der Waals surface area contributed by atoms with E-state index in [1.165, 1.54) is 24.3 Å². The Hall–Kier alpha value is -1.69. The summed E-state index contributed by atoms with van der Waals surface area (Å²) in [5, 5.41) is 8.86. The lowest BCUT2D eigenvalue weighted by atomic mass is 9.82. The highest BCUT2D eigenvalue weighted by Gasteiger charge is 2.36. The second-order valence-corrected chi connectivity index (χ2v) is 11.7. The Balaban J connectivity index is 2.20. The number of fused-ring (bicyclic) bond motifs is 1. The van der Waals surface area contributed by atoms with Gasteiger partial charge < -0.3 is 0 Å². The molecule has 0 saturated carbocycles. The molecule has 1 aliphatic rings. The van der Waals surface area contributed by atoms with Crippen LogP contribution in [0.25, 0.3) is 0 Å². The van der Waals surface area contributed by atoms with Crippen molar-refractivity contribution in [3.63, 3.8) is 0 Å². The first-order chi connectivity index (χ1) is 11.1. The average Bonchev–Trinajstić information content (AvgIpc) is 3.01. The molecule has 0 aliphatic carbocycles. The van der Waals surface area contributed by atoms with Gasteiger partial charge in [-0.05, 0) is 41.7 Å². The fourth-order valence-corrected chi connectivity index (χ4v) is 7.35. The predicted molar refractivity (Wildman–Crippen MR) is 90.6 cm³/mol. The monoisotopic (exact) mass is 381 g/mol. The molecule has 2 heterocycles. The van der Waals surface area contributed by atoms with Crippen LogP contribution in [-0.4, -0.2) is 22.6 Å². The van der Waals surface area contributed by atoms with Crippen molar-refractivity contribution in [3.05, 3.63) is 40.8 Å². The van der Waals surface area contributed by atoms with Crippen LogP contribution in [0.2, 0.25) is 0 Å². The third-order valence-electron chi connectivity index (χ3n) is 4.28. The van der Waals surface area contributed by atoms with Gasteiger partial charge in [0.15, 0.2) is 9.84 Å². The summed E-state index contributed by atoms with van der Waals surface area (Å²) in [6, 6.07) is 9.01. The van der Waals surface area contributed by atoms with Gasteiger partial charge in [-0.1, -0.05) is 19.9 Å². The molecule has 0 amide bonds. The molecule has 1 aromatic heterocycles. The maximum Gasteiger partial charge on any atom is 0.216 e. The van der Waals surface area contributed by atoms with Crippen molar-refractivity contribution >= 4 is 31.0 Å². The third-order valence-corrected chi connectivity index (χ3v) is 9.26. The van der Waals surface area contributed by atoms with Gasteiger partial charge in [0.25, 0.3) is 0 Å². The highest BCUT2D eigenvalue weighted by Crippen LogP contribution is 2.40. The molecule has 0 spiro atoms. The first-order valence-electron chi connectivity index (χ1n) is 7.20. The zero-order valence-corrected chi connectivity index (χ0v) is 15.6. The topological polar surface area (TPSA) is 92.1 Å². The second kappa shape index (κ2) is 5.41. The summed E-state index contributed by atoms with van der Waals surface area (Å²) in [7, 11) is -7.34. The van der Waals surface area contributed by atoms with Gasteiger partial charge in [0.2, 0.25) is 9.84 Å². The zero-order valence-electron chi connectivity index (χ0n) is 13.1. The van der Waals surface area contributed by atoms with Crippen molar-refractivity contribution in [2.24, 2.45) is 0 Å². The smallest absolute Gasteiger partial charge is 0.216 e. The van der Waals surface area contributed by atoms with E-state index in [-0.39, 0.29) is 25.2 Å². The van der Waals surface area contributed by atoms with Crippen molar-refractivity contribution in [2.45, 2.75) is 39.7 Å². The lowest BCUT2D eigenvalue weighted by molar-refractivity contribution is 0.472. The van der Waals surface area contributed by atoms with Gasteiger partial charge in [-0.25, -0.2) is 16.8 Å². The van der Waals surface area contributed by atoms with Gasteiger partial charge >= 0.3 is 0 Å². The number of hydrogen-bond acceptors (Lipinski definition) is 6. The molecule has 0 unspecified atom stereocenters. The molecule has 0 bridgehead atoms. The highest BCUT2D eigenvalue weighted by atomic mass is 32.2. The van der Waals surface area contributed by atoms with Crippen molar-refractivity contribution in [3.8, 4) is 6.07 Å². The SMILES string of the molecule is CC1(C)CCS(=O)(=O)c2cc(S(=O)(=O)c3ccc(C#N)s3)ccc21. The number of sulfone groups is 2. The molecular weight excluding hydrogens is 366 g/mol. The van der Waals surface area contributed by atoms with Crippen molar-refractivity contribution in [2.75, 3.05) is 5.75 Å². The maximum atomic E-state index is 12.7. The largest absolute Gasteiger partial charge is 0.224 e. The van der Waals surface area contributed by atoms with Crippen LogP contribution < -0.4 is 0 Å². The van der Waals surface area contributed by atoms with Crippen molar-refractivity contribution < 1.29 is 16.8 Å². The Labute approximate surface area is 145 Å². The summed E-state index contributed by atoms with van der Waals surface area (Å²) < 4.78 is 50.3. The molecule has 1 aromatic carbocycles. The van der Waals surface area contributed by atoms with E-state index in [1.54, 1.807) is 6.07 Å². The Morgan fingerprint density at radius 1 is 1.21 bits per heavy atom. The number of rotatable bonds is 2. The van der Waals surface area contributed by atoms with Gasteiger partial charge in [-0.2, -0.15) is 5.26 Å². The standard InChI is InChI=1S/C16H15NO4S3/c1-16(2)7-8-23(18,19)14-9-12(4-5-13(14)16)24(20,21)15-6-3-11(10-17)22-15/h3-6,9H,7-8H2,1-2H3. The Bertz CT molecular complexity index is 1070. The fourth-order valence-electron chi connectivity index (χ4n) is 2.76. The van der Waals surface area contributed by atoms with Gasteiger partial charge in [0.05, 0.1) is 15.5 Å². The van der Waals surface area contributed by atoms with Crippen LogP contribution in [0.3, 0.4) is 0 Å². The molecule has 0 atom stereocenters. The summed E-state index contributed by atoms with van der Waals surface area (Å²) in [6.45, 7) is 3.90. The molecular formula is C16H15NO4S3. The Morgan fingerprint density at radius 3 is 2.54 bits per heavy atom. The van der Waals surface area contributed by atoms with E-state index in [4.69, 9.17) is 5.26 Å². The zero-order chi connectivity index (χ0) is 17.8. The Morgan fingerprint density at radius 2 is 1.92 bits per heavy atom. The number of benzene rings is 1. The molecule has 5 nitrogen and oxygen atoms in total. The first kappa shape index (κ1) is 17.1. The molecule has 3 rings (SSSR count). The fraction of sp³-hybridized carbons (Fsp3) is 0.312. The number of nitrogens with zero attached hydrogens (tertiary/aromatic N) is 1. The molecule has 1 aliphatic heterocycles. The summed E-state index contributed by atoms with van der Waals surface area (Å²) in [4.78, 5) is 0.325. The van der Waals surface area contributed by atoms with Crippen molar-refractivity contribution in [1.82, 2.24) is 0 Å². The summed E-state index contributed by atoms with van der Waals surface area (Å²) >= 11 is 0.873. The van der Waals surface area contributed by atoms with Gasteiger partial charge in [-0.15, -0.1) is 11.3 Å². The van der Waals surface area contributed by atoms with E-state index in [0.29, 0.717) is 16.9 Å². The van der Waals surface area contributed by atoms with Crippen LogP contribution in [0.1, 0.15) is 30.7 Å². The van der Waals surface area contributed by atoms with Crippen LogP contribution in [-0.2, 0) is 25.1 Å². The minimum absolute atomic E-state index is 0.00802. The maximum absolute atomic E-state index is 12.7. The predicted octanol–water partition coefficient (Wildman–Crippen LogP) is 2.91. The second-order valence-electron chi connectivity index (χ2n) is 6.34. The summed E-state index contributed by atoms with van der Waals surface area (Å²) in [5.74, 6) is 0.00802. The third kappa shape index (κ3) is 2.66. The van der Waals surface area contributed by atoms with Crippen LogP contribution in [0.5, 0.6) is 0 Å². The number of nitriles is 1. The van der Waals surface area contributed by atoms with Crippen LogP contribution >= 0.6 is 11.3 Å². The number of thiophene rings is 1. The van der Waals surface area contributed by atoms with Crippen molar-refractivity contribution in [1.29, 1.82) is 5.26 Å². The van der Waals surface area contributed by atoms with E-state index in [1.807, 2.05) is 19.9 Å². The van der Waals surface area contributed by atoms with Crippen LogP contribution in [0.4, 0.5) is 0 Å². The van der Waals surface area contributed by atoms with E-state index in [0.717, 1.165) is 11.3 Å². The van der Waals surface area contributed by atoms with E-state index < -0.39 is 19.7 Å². The van der Waals surface area contributed by atoms with Gasteiger partial charge in [0.1, 0.15) is 15.2 Å². The highest BCUT2D eigenvalue weighted by molar-refractivity contribution is 7.93. The molecule has 0 radical (unpaired) electrons. The van der Waals surface area contributed by atoms with E-state index in [9.17, 15) is 16.8 Å². The lowest BCUT2D eigenvalue weighted by Crippen LogP contribution is -2.30. The minimum atomic E-state index is -3.85. The quantitative estimate of drug-likeness (QED) is 0.797. The molecule has 2 aromatic rings. The lowest BCUT2D eigenvalue weighted by Gasteiger charge is -2.32. The molecule has 0 N–H and O–H groups in total. The average molecular weight is 382 g/mol. The first-order valence-corrected chi connectivity index (χ1v) is 11.2. The molecule has 0 fully saturated rings. The normalized spacial score (nSPS) is 18.5. The molecule has 24 heavy (non-hydrogen) atoms.